The Morgan fingerprint density at radius 1 is 1.30 bits per heavy atom. The number of amides is 1. The number of carbonyl (C=O) groups excluding carboxylic acids is 1. The van der Waals surface area contributed by atoms with Gasteiger partial charge in [0, 0.05) is 32.5 Å². The molecule has 2 aromatic rings. The average molecular weight is 339 g/mol. The monoisotopic (exact) mass is 338 g/mol. The molecule has 2 rings (SSSR count). The van der Waals surface area contributed by atoms with Crippen molar-refractivity contribution >= 4 is 18.3 Å². The van der Waals surface area contributed by atoms with Gasteiger partial charge in [0.05, 0.1) is 12.3 Å². The van der Waals surface area contributed by atoms with Crippen molar-refractivity contribution in [1.82, 2.24) is 20.4 Å². The van der Waals surface area contributed by atoms with Gasteiger partial charge in [0.1, 0.15) is 6.04 Å². The number of halogens is 1. The van der Waals surface area contributed by atoms with Crippen molar-refractivity contribution in [2.24, 2.45) is 7.05 Å². The van der Waals surface area contributed by atoms with Crippen LogP contribution in [0.2, 0.25) is 0 Å². The van der Waals surface area contributed by atoms with E-state index < -0.39 is 6.04 Å². The van der Waals surface area contributed by atoms with E-state index in [0.29, 0.717) is 6.54 Å². The molecular weight excluding hydrogens is 316 g/mol. The highest BCUT2D eigenvalue weighted by Gasteiger charge is 2.21. The van der Waals surface area contributed by atoms with E-state index in [1.54, 1.807) is 25.0 Å². The van der Waals surface area contributed by atoms with Gasteiger partial charge in [0.2, 0.25) is 5.91 Å². The first-order valence-electron chi connectivity index (χ1n) is 7.17. The number of rotatable bonds is 7. The number of nitrogens with zero attached hydrogens (tertiary/aromatic N) is 2. The Kier molecular flexibility index (Phi) is 7.74. The van der Waals surface area contributed by atoms with Crippen molar-refractivity contribution in [2.45, 2.75) is 12.1 Å². The van der Waals surface area contributed by atoms with Crippen LogP contribution in [0.4, 0.5) is 0 Å². The topological polar surface area (TPSA) is 68.2 Å². The number of hydrogen-bond acceptors (Lipinski definition) is 4. The van der Waals surface area contributed by atoms with Crippen LogP contribution in [0.25, 0.3) is 0 Å². The van der Waals surface area contributed by atoms with Crippen LogP contribution in [-0.2, 0) is 16.6 Å². The molecule has 6 nitrogen and oxygen atoms in total. The first kappa shape index (κ1) is 19.2. The van der Waals surface area contributed by atoms with Crippen LogP contribution in [0.1, 0.15) is 23.3 Å². The van der Waals surface area contributed by atoms with Crippen molar-refractivity contribution in [1.29, 1.82) is 0 Å². The summed E-state index contributed by atoms with van der Waals surface area (Å²) in [7, 11) is 5.22. The summed E-state index contributed by atoms with van der Waals surface area (Å²) in [6, 6.07) is 9.40. The second-order valence-corrected chi connectivity index (χ2v) is 5.05. The van der Waals surface area contributed by atoms with Crippen molar-refractivity contribution in [3.63, 3.8) is 0 Å². The number of aromatic nitrogens is 2. The highest BCUT2D eigenvalue weighted by Crippen LogP contribution is 2.16. The Morgan fingerprint density at radius 3 is 2.52 bits per heavy atom. The first-order valence-corrected chi connectivity index (χ1v) is 7.17. The molecule has 0 radical (unpaired) electrons. The highest BCUT2D eigenvalue weighted by molar-refractivity contribution is 5.85. The molecule has 126 valence electrons. The molecule has 2 unspecified atom stereocenters. The molecule has 0 aliphatic carbocycles. The number of carbonyl (C=O) groups is 1. The maximum absolute atomic E-state index is 12.4. The van der Waals surface area contributed by atoms with E-state index in [0.717, 1.165) is 11.1 Å². The Morgan fingerprint density at radius 2 is 2.00 bits per heavy atom. The third-order valence-corrected chi connectivity index (χ3v) is 3.53. The molecular formula is C16H23ClN4O2. The minimum Gasteiger partial charge on any atom is -0.375 e. The van der Waals surface area contributed by atoms with Crippen molar-refractivity contribution in [3.8, 4) is 0 Å². The molecule has 23 heavy (non-hydrogen) atoms. The van der Waals surface area contributed by atoms with Gasteiger partial charge < -0.3 is 15.4 Å². The van der Waals surface area contributed by atoms with Crippen LogP contribution in [0.15, 0.2) is 42.7 Å². The lowest BCUT2D eigenvalue weighted by atomic mass is 10.1. The summed E-state index contributed by atoms with van der Waals surface area (Å²) < 4.78 is 7.13. The maximum atomic E-state index is 12.4. The van der Waals surface area contributed by atoms with Gasteiger partial charge >= 0.3 is 0 Å². The quantitative estimate of drug-likeness (QED) is 0.804. The van der Waals surface area contributed by atoms with Gasteiger partial charge in [-0.05, 0) is 12.6 Å². The third-order valence-electron chi connectivity index (χ3n) is 3.53. The van der Waals surface area contributed by atoms with Gasteiger partial charge in [-0.1, -0.05) is 30.3 Å². The van der Waals surface area contributed by atoms with E-state index in [1.807, 2.05) is 43.6 Å². The highest BCUT2D eigenvalue weighted by atomic mass is 35.5. The fourth-order valence-electron chi connectivity index (χ4n) is 2.34. The van der Waals surface area contributed by atoms with Gasteiger partial charge in [-0.15, -0.1) is 12.4 Å². The van der Waals surface area contributed by atoms with Crippen LogP contribution < -0.4 is 10.6 Å². The van der Waals surface area contributed by atoms with Crippen LogP contribution >= 0.6 is 12.4 Å². The van der Waals surface area contributed by atoms with Gasteiger partial charge in [-0.3, -0.25) is 9.48 Å². The summed E-state index contributed by atoms with van der Waals surface area (Å²) in [5.74, 6) is -0.103. The summed E-state index contributed by atoms with van der Waals surface area (Å²) in [4.78, 5) is 12.4. The number of hydrogen-bond donors (Lipinski definition) is 2. The van der Waals surface area contributed by atoms with Crippen LogP contribution in [0.3, 0.4) is 0 Å². The summed E-state index contributed by atoms with van der Waals surface area (Å²) in [5.41, 5.74) is 1.86. The molecule has 1 amide bonds. The lowest BCUT2D eigenvalue weighted by Crippen LogP contribution is -2.38. The number of aryl methyl sites for hydroxylation is 1. The third kappa shape index (κ3) is 5.06. The number of ether oxygens (including phenoxy) is 1. The van der Waals surface area contributed by atoms with Crippen LogP contribution in [-0.4, -0.2) is 36.4 Å². The van der Waals surface area contributed by atoms with Gasteiger partial charge in [-0.25, -0.2) is 0 Å². The fraction of sp³-hybridized carbons (Fsp3) is 0.375. The van der Waals surface area contributed by atoms with E-state index in [4.69, 9.17) is 4.74 Å². The van der Waals surface area contributed by atoms with Crippen LogP contribution in [0.5, 0.6) is 0 Å². The molecule has 1 heterocycles. The lowest BCUT2D eigenvalue weighted by molar-refractivity contribution is -0.123. The van der Waals surface area contributed by atoms with Crippen LogP contribution in [0, 0.1) is 0 Å². The van der Waals surface area contributed by atoms with E-state index in [9.17, 15) is 4.79 Å². The molecule has 2 atom stereocenters. The zero-order chi connectivity index (χ0) is 15.9. The zero-order valence-corrected chi connectivity index (χ0v) is 14.3. The molecule has 0 fully saturated rings. The van der Waals surface area contributed by atoms with E-state index in [-0.39, 0.29) is 24.4 Å². The van der Waals surface area contributed by atoms with E-state index in [1.165, 1.54) is 0 Å². The molecule has 1 aromatic carbocycles. The Hall–Kier alpha value is -1.89. The van der Waals surface area contributed by atoms with Crippen molar-refractivity contribution < 1.29 is 9.53 Å². The summed E-state index contributed by atoms with van der Waals surface area (Å²) in [6.07, 6.45) is 3.34. The summed E-state index contributed by atoms with van der Waals surface area (Å²) in [6.45, 7) is 0.414. The molecule has 1 aromatic heterocycles. The molecule has 0 saturated carbocycles. The zero-order valence-electron chi connectivity index (χ0n) is 13.5. The predicted octanol–water partition coefficient (Wildman–Crippen LogP) is 1.61. The Balaban J connectivity index is 0.00000264. The lowest BCUT2D eigenvalue weighted by Gasteiger charge is -2.19. The SMILES string of the molecule is CNC(C(=O)NCC(OC)c1ccccc1)c1cnn(C)c1.Cl. The minimum atomic E-state index is -0.429. The Bertz CT molecular complexity index is 603. The normalized spacial score (nSPS) is 13.0. The molecule has 2 N–H and O–H groups in total. The molecule has 0 aliphatic rings. The standard InChI is InChI=1S/C16H22N4O2.ClH/c1-17-15(13-9-19-20(2)11-13)16(21)18-10-14(22-3)12-7-5-4-6-8-12;/h4-9,11,14-15,17H,10H2,1-3H3,(H,18,21);1H. The molecule has 0 spiro atoms. The largest absolute Gasteiger partial charge is 0.375 e. The average Bonchev–Trinajstić information content (AvgIpc) is 2.96. The molecule has 0 aliphatic heterocycles. The number of methoxy groups -OCH3 is 1. The minimum absolute atomic E-state index is 0. The maximum Gasteiger partial charge on any atom is 0.241 e. The van der Waals surface area contributed by atoms with E-state index in [2.05, 4.69) is 15.7 Å². The number of benzene rings is 1. The van der Waals surface area contributed by atoms with E-state index >= 15 is 0 Å². The summed E-state index contributed by atoms with van der Waals surface area (Å²) in [5, 5.41) is 10.0. The van der Waals surface area contributed by atoms with Gasteiger partial charge in [0.15, 0.2) is 0 Å². The van der Waals surface area contributed by atoms with Crippen molar-refractivity contribution in [3.05, 3.63) is 53.9 Å². The smallest absolute Gasteiger partial charge is 0.241 e. The van der Waals surface area contributed by atoms with Gasteiger partial charge in [0.25, 0.3) is 0 Å². The predicted molar refractivity (Wildman–Crippen MR) is 91.5 cm³/mol. The summed E-state index contributed by atoms with van der Waals surface area (Å²) >= 11 is 0. The molecule has 0 saturated heterocycles. The second-order valence-electron chi connectivity index (χ2n) is 5.05. The number of nitrogens with one attached hydrogen (secondary N) is 2. The number of likely N-dealkylation sites (N-methyl/N-ethyl adjacent to an activating group) is 1. The molecule has 7 heteroatoms. The second kappa shape index (κ2) is 9.29. The fourth-order valence-corrected chi connectivity index (χ4v) is 2.34. The van der Waals surface area contributed by atoms with Gasteiger partial charge in [-0.2, -0.15) is 5.10 Å². The first-order chi connectivity index (χ1) is 10.7. The Labute approximate surface area is 142 Å². The van der Waals surface area contributed by atoms with Crippen molar-refractivity contribution in [2.75, 3.05) is 20.7 Å². The molecule has 0 bridgehead atoms.